The van der Waals surface area contributed by atoms with E-state index in [-0.39, 0.29) is 0 Å². The first-order valence-electron chi connectivity index (χ1n) is 4.56. The third-order valence-electron chi connectivity index (χ3n) is 2.01. The molecule has 16 heavy (non-hydrogen) atoms. The van der Waals surface area contributed by atoms with E-state index in [1.807, 2.05) is 6.07 Å². The van der Waals surface area contributed by atoms with Crippen LogP contribution in [0, 0.1) is 0 Å². The van der Waals surface area contributed by atoms with Gasteiger partial charge in [0.1, 0.15) is 0 Å². The Balaban J connectivity index is 2.10. The van der Waals surface area contributed by atoms with E-state index < -0.39 is 0 Å². The van der Waals surface area contributed by atoms with E-state index in [0.29, 0.717) is 16.5 Å². The van der Waals surface area contributed by atoms with Crippen LogP contribution in [0.3, 0.4) is 0 Å². The van der Waals surface area contributed by atoms with Gasteiger partial charge in [-0.05, 0) is 34.2 Å². The highest BCUT2D eigenvalue weighted by atomic mass is 35.5. The van der Waals surface area contributed by atoms with Crippen LogP contribution in [0.15, 0.2) is 23.4 Å². The van der Waals surface area contributed by atoms with Crippen LogP contribution in [0.5, 0.6) is 0 Å². The largest absolute Gasteiger partial charge is 0.399 e. The first-order chi connectivity index (χ1) is 7.66. The summed E-state index contributed by atoms with van der Waals surface area (Å²) in [5.41, 5.74) is 7.38. The number of nitrogens with zero attached hydrogens (tertiary/aromatic N) is 4. The molecule has 5 nitrogen and oxygen atoms in total. The predicted octanol–water partition coefficient (Wildman–Crippen LogP) is 1.74. The van der Waals surface area contributed by atoms with Crippen molar-refractivity contribution in [3.63, 3.8) is 0 Å². The Bertz CT molecular complexity index is 498. The molecule has 2 N–H and O–H groups in total. The van der Waals surface area contributed by atoms with E-state index in [1.54, 1.807) is 23.9 Å². The molecule has 0 saturated heterocycles. The molecular formula is C9H10ClN5S. The van der Waals surface area contributed by atoms with Crippen molar-refractivity contribution in [2.24, 2.45) is 7.05 Å². The highest BCUT2D eigenvalue weighted by Gasteiger charge is 2.06. The molecule has 1 aromatic carbocycles. The van der Waals surface area contributed by atoms with Gasteiger partial charge in [-0.15, -0.1) is 5.10 Å². The molecule has 0 aliphatic rings. The number of hydrogen-bond acceptors (Lipinski definition) is 5. The SMILES string of the molecule is Cn1nnnc1SCc1cc(N)ccc1Cl. The van der Waals surface area contributed by atoms with Gasteiger partial charge in [-0.1, -0.05) is 23.4 Å². The van der Waals surface area contributed by atoms with E-state index in [0.717, 1.165) is 10.7 Å². The van der Waals surface area contributed by atoms with Gasteiger partial charge < -0.3 is 5.73 Å². The number of thioether (sulfide) groups is 1. The first-order valence-corrected chi connectivity index (χ1v) is 5.92. The lowest BCUT2D eigenvalue weighted by molar-refractivity contribution is 0.664. The second-order valence-corrected chi connectivity index (χ2v) is 4.57. The molecule has 2 aromatic rings. The lowest BCUT2D eigenvalue weighted by atomic mass is 10.2. The number of nitrogen functional groups attached to an aromatic ring is 1. The molecule has 0 atom stereocenters. The number of hydrogen-bond donors (Lipinski definition) is 1. The van der Waals surface area contributed by atoms with Gasteiger partial charge in [0, 0.05) is 23.5 Å². The number of tetrazole rings is 1. The molecule has 7 heteroatoms. The maximum Gasteiger partial charge on any atom is 0.209 e. The summed E-state index contributed by atoms with van der Waals surface area (Å²) in [6, 6.07) is 5.43. The quantitative estimate of drug-likeness (QED) is 0.668. The summed E-state index contributed by atoms with van der Waals surface area (Å²) in [4.78, 5) is 0. The lowest BCUT2D eigenvalue weighted by Crippen LogP contribution is -1.94. The van der Waals surface area contributed by atoms with Gasteiger partial charge in [0.25, 0.3) is 0 Å². The smallest absolute Gasteiger partial charge is 0.209 e. The summed E-state index contributed by atoms with van der Waals surface area (Å²) in [7, 11) is 1.79. The van der Waals surface area contributed by atoms with Gasteiger partial charge in [0.2, 0.25) is 5.16 Å². The number of halogens is 1. The summed E-state index contributed by atoms with van der Waals surface area (Å²) in [6.45, 7) is 0. The molecule has 84 valence electrons. The Kier molecular flexibility index (Phi) is 3.31. The van der Waals surface area contributed by atoms with E-state index in [1.165, 1.54) is 11.8 Å². The number of aromatic nitrogens is 4. The number of aryl methyl sites for hydroxylation is 1. The molecule has 0 radical (unpaired) electrons. The van der Waals surface area contributed by atoms with Crippen LogP contribution in [0.2, 0.25) is 5.02 Å². The van der Waals surface area contributed by atoms with Crippen molar-refractivity contribution >= 4 is 29.1 Å². The van der Waals surface area contributed by atoms with Gasteiger partial charge in [-0.2, -0.15) is 0 Å². The van der Waals surface area contributed by atoms with E-state index in [9.17, 15) is 0 Å². The highest BCUT2D eigenvalue weighted by Crippen LogP contribution is 2.26. The fourth-order valence-corrected chi connectivity index (χ4v) is 2.30. The minimum Gasteiger partial charge on any atom is -0.399 e. The maximum absolute atomic E-state index is 6.05. The fourth-order valence-electron chi connectivity index (χ4n) is 1.19. The van der Waals surface area contributed by atoms with Crippen molar-refractivity contribution in [1.29, 1.82) is 0 Å². The van der Waals surface area contributed by atoms with Crippen LogP contribution >= 0.6 is 23.4 Å². The molecule has 0 spiro atoms. The summed E-state index contributed by atoms with van der Waals surface area (Å²) < 4.78 is 1.62. The molecule has 1 heterocycles. The molecule has 0 aliphatic carbocycles. The van der Waals surface area contributed by atoms with Gasteiger partial charge >= 0.3 is 0 Å². The Hall–Kier alpha value is -1.27. The van der Waals surface area contributed by atoms with Gasteiger partial charge in [-0.25, -0.2) is 4.68 Å². The second-order valence-electron chi connectivity index (χ2n) is 3.22. The summed E-state index contributed by atoms with van der Waals surface area (Å²) in [5.74, 6) is 0.693. The number of anilines is 1. The normalized spacial score (nSPS) is 10.6. The maximum atomic E-state index is 6.05. The highest BCUT2D eigenvalue weighted by molar-refractivity contribution is 7.98. The topological polar surface area (TPSA) is 69.6 Å². The van der Waals surface area contributed by atoms with E-state index in [4.69, 9.17) is 17.3 Å². The summed E-state index contributed by atoms with van der Waals surface area (Å²) in [5, 5.41) is 12.6. The second kappa shape index (κ2) is 4.71. The van der Waals surface area contributed by atoms with Gasteiger partial charge in [0.15, 0.2) is 0 Å². The van der Waals surface area contributed by atoms with Crippen LogP contribution < -0.4 is 5.73 Å². The average molecular weight is 256 g/mol. The van der Waals surface area contributed by atoms with Gasteiger partial charge in [0.05, 0.1) is 0 Å². The van der Waals surface area contributed by atoms with Crippen LogP contribution in [0.25, 0.3) is 0 Å². The standard InChI is InChI=1S/C9H10ClN5S/c1-15-9(12-13-14-15)16-5-6-4-7(11)2-3-8(6)10/h2-4H,5,11H2,1H3. The molecule has 0 unspecified atom stereocenters. The number of rotatable bonds is 3. The van der Waals surface area contributed by atoms with E-state index in [2.05, 4.69) is 15.5 Å². The summed E-state index contributed by atoms with van der Waals surface area (Å²) >= 11 is 7.57. The Morgan fingerprint density at radius 3 is 3.00 bits per heavy atom. The number of nitrogens with two attached hydrogens (primary N) is 1. The van der Waals surface area contributed by atoms with Crippen molar-refractivity contribution in [3.05, 3.63) is 28.8 Å². The van der Waals surface area contributed by atoms with Gasteiger partial charge in [-0.3, -0.25) is 0 Å². The Labute approximate surface area is 102 Å². The third-order valence-corrected chi connectivity index (χ3v) is 3.44. The molecule has 0 aliphatic heterocycles. The van der Waals surface area contributed by atoms with Crippen molar-refractivity contribution in [2.75, 3.05) is 5.73 Å². The number of benzene rings is 1. The molecular weight excluding hydrogens is 246 g/mol. The van der Waals surface area contributed by atoms with Crippen LogP contribution in [0.4, 0.5) is 5.69 Å². The molecule has 0 amide bonds. The zero-order valence-electron chi connectivity index (χ0n) is 8.59. The Morgan fingerprint density at radius 1 is 1.50 bits per heavy atom. The zero-order chi connectivity index (χ0) is 11.5. The van der Waals surface area contributed by atoms with Crippen molar-refractivity contribution < 1.29 is 0 Å². The van der Waals surface area contributed by atoms with Crippen molar-refractivity contribution in [2.45, 2.75) is 10.9 Å². The predicted molar refractivity (Wildman–Crippen MR) is 64.2 cm³/mol. The van der Waals surface area contributed by atoms with Crippen LogP contribution in [0.1, 0.15) is 5.56 Å². The molecule has 0 saturated carbocycles. The minimum absolute atomic E-state index is 0.693. The Morgan fingerprint density at radius 2 is 2.31 bits per heavy atom. The van der Waals surface area contributed by atoms with Crippen molar-refractivity contribution in [3.8, 4) is 0 Å². The van der Waals surface area contributed by atoms with E-state index >= 15 is 0 Å². The molecule has 0 bridgehead atoms. The molecule has 0 fully saturated rings. The summed E-state index contributed by atoms with van der Waals surface area (Å²) in [6.07, 6.45) is 0. The van der Waals surface area contributed by atoms with Crippen LogP contribution in [-0.4, -0.2) is 20.2 Å². The molecule has 2 rings (SSSR count). The van der Waals surface area contributed by atoms with Crippen LogP contribution in [-0.2, 0) is 12.8 Å². The van der Waals surface area contributed by atoms with Crippen molar-refractivity contribution in [1.82, 2.24) is 20.2 Å². The molecule has 1 aromatic heterocycles. The zero-order valence-corrected chi connectivity index (χ0v) is 10.2. The average Bonchev–Trinajstić information content (AvgIpc) is 2.66. The lowest BCUT2D eigenvalue weighted by Gasteiger charge is -2.04. The third kappa shape index (κ3) is 2.45. The minimum atomic E-state index is 0.693. The first kappa shape index (κ1) is 11.2. The monoisotopic (exact) mass is 255 g/mol. The fraction of sp³-hybridized carbons (Fsp3) is 0.222.